The van der Waals surface area contributed by atoms with Gasteiger partial charge in [0.05, 0.1) is 0 Å². The van der Waals surface area contributed by atoms with E-state index in [1.165, 1.54) is 0 Å². The lowest BCUT2D eigenvalue weighted by atomic mass is 10.2. The molecule has 2 amide bonds. The third-order valence-corrected chi connectivity index (χ3v) is 3.31. The fourth-order valence-electron chi connectivity index (χ4n) is 2.40. The second-order valence-electron chi connectivity index (χ2n) is 8.36. The molecule has 0 aromatic carbocycles. The van der Waals surface area contributed by atoms with Crippen molar-refractivity contribution in [2.24, 2.45) is 0 Å². The van der Waals surface area contributed by atoms with E-state index in [1.807, 2.05) is 48.5 Å². The molecule has 0 bridgehead atoms. The highest BCUT2D eigenvalue weighted by Gasteiger charge is 2.30. The molecule has 1 heterocycles. The van der Waals surface area contributed by atoms with Crippen LogP contribution in [0.5, 0.6) is 0 Å². The Kier molecular flexibility index (Phi) is 6.89. The number of carbonyl (C=O) groups excluding carboxylic acids is 2. The Hall–Kier alpha value is -1.50. The molecule has 0 spiro atoms. The van der Waals surface area contributed by atoms with Gasteiger partial charge in [-0.25, -0.2) is 9.59 Å². The Morgan fingerprint density at radius 1 is 1.12 bits per heavy atom. The smallest absolute Gasteiger partial charge is 0.410 e. The van der Waals surface area contributed by atoms with Gasteiger partial charge in [-0.05, 0) is 54.9 Å². The first-order valence-corrected chi connectivity index (χ1v) is 8.56. The van der Waals surface area contributed by atoms with E-state index < -0.39 is 17.3 Å². The molecule has 0 saturated carbocycles. The molecule has 2 atom stereocenters. The molecule has 0 aromatic rings. The number of nitrogens with zero attached hydrogens (tertiary/aromatic N) is 1. The van der Waals surface area contributed by atoms with E-state index >= 15 is 0 Å². The summed E-state index contributed by atoms with van der Waals surface area (Å²) >= 11 is 0. The minimum Gasteiger partial charge on any atom is -0.444 e. The average molecular weight is 343 g/mol. The summed E-state index contributed by atoms with van der Waals surface area (Å²) in [5.74, 6) is 0. The SMILES string of the molecule is CC(CNC(=O)OC(C)(C)C)NC1CCN(C(=O)OC(C)(C)C)C1. The minimum absolute atomic E-state index is 0.0844. The van der Waals surface area contributed by atoms with Gasteiger partial charge in [-0.15, -0.1) is 0 Å². The summed E-state index contributed by atoms with van der Waals surface area (Å²) in [5.41, 5.74) is -0.979. The molecular formula is C17H33N3O4. The summed E-state index contributed by atoms with van der Waals surface area (Å²) in [6, 6.07) is 0.286. The molecule has 0 aromatic heterocycles. The second kappa shape index (κ2) is 8.05. The number of rotatable bonds is 4. The maximum Gasteiger partial charge on any atom is 0.410 e. The van der Waals surface area contributed by atoms with Gasteiger partial charge < -0.3 is 25.0 Å². The van der Waals surface area contributed by atoms with Crippen LogP contribution in [0.1, 0.15) is 54.9 Å². The summed E-state index contributed by atoms with van der Waals surface area (Å²) in [7, 11) is 0. The fraction of sp³-hybridized carbons (Fsp3) is 0.882. The Morgan fingerprint density at radius 2 is 1.71 bits per heavy atom. The van der Waals surface area contributed by atoms with Gasteiger partial charge >= 0.3 is 12.2 Å². The van der Waals surface area contributed by atoms with E-state index in [9.17, 15) is 9.59 Å². The largest absolute Gasteiger partial charge is 0.444 e. The van der Waals surface area contributed by atoms with Crippen LogP contribution >= 0.6 is 0 Å². The lowest BCUT2D eigenvalue weighted by molar-refractivity contribution is 0.0290. The van der Waals surface area contributed by atoms with Crippen LogP contribution in [0.2, 0.25) is 0 Å². The molecule has 24 heavy (non-hydrogen) atoms. The Morgan fingerprint density at radius 3 is 2.25 bits per heavy atom. The molecule has 1 aliphatic heterocycles. The number of likely N-dealkylation sites (tertiary alicyclic amines) is 1. The first-order valence-electron chi connectivity index (χ1n) is 8.56. The van der Waals surface area contributed by atoms with Gasteiger partial charge in [0.15, 0.2) is 0 Å². The summed E-state index contributed by atoms with van der Waals surface area (Å²) in [4.78, 5) is 25.4. The van der Waals surface area contributed by atoms with Gasteiger partial charge in [-0.1, -0.05) is 0 Å². The van der Waals surface area contributed by atoms with Crippen molar-refractivity contribution < 1.29 is 19.1 Å². The highest BCUT2D eigenvalue weighted by Crippen LogP contribution is 2.15. The molecule has 1 aliphatic rings. The zero-order valence-electron chi connectivity index (χ0n) is 16.1. The second-order valence-corrected chi connectivity index (χ2v) is 8.36. The van der Waals surface area contributed by atoms with Crippen LogP contribution in [0.4, 0.5) is 9.59 Å². The number of amides is 2. The van der Waals surface area contributed by atoms with Crippen LogP contribution in [0, 0.1) is 0 Å². The van der Waals surface area contributed by atoms with Gasteiger partial charge in [-0.2, -0.15) is 0 Å². The molecule has 2 N–H and O–H groups in total. The molecule has 1 saturated heterocycles. The Bertz CT molecular complexity index is 440. The molecule has 0 radical (unpaired) electrons. The molecule has 7 heteroatoms. The summed E-state index contributed by atoms with van der Waals surface area (Å²) < 4.78 is 10.6. The number of nitrogens with one attached hydrogen (secondary N) is 2. The lowest BCUT2D eigenvalue weighted by Crippen LogP contribution is -2.46. The average Bonchev–Trinajstić information content (AvgIpc) is 2.81. The first-order chi connectivity index (χ1) is 10.9. The monoisotopic (exact) mass is 343 g/mol. The van der Waals surface area contributed by atoms with Crippen LogP contribution in [0.15, 0.2) is 0 Å². The Labute approximate surface area is 145 Å². The van der Waals surface area contributed by atoms with Gasteiger partial charge in [0.2, 0.25) is 0 Å². The third-order valence-electron chi connectivity index (χ3n) is 3.31. The molecule has 2 unspecified atom stereocenters. The topological polar surface area (TPSA) is 79.9 Å². The van der Waals surface area contributed by atoms with Crippen molar-refractivity contribution in [1.29, 1.82) is 0 Å². The number of hydrogen-bond donors (Lipinski definition) is 2. The van der Waals surface area contributed by atoms with E-state index in [0.717, 1.165) is 6.42 Å². The molecular weight excluding hydrogens is 310 g/mol. The number of carbonyl (C=O) groups is 2. The van der Waals surface area contributed by atoms with Gasteiger partial charge in [0.1, 0.15) is 11.2 Å². The lowest BCUT2D eigenvalue weighted by Gasteiger charge is -2.25. The highest BCUT2D eigenvalue weighted by atomic mass is 16.6. The third kappa shape index (κ3) is 8.38. The first kappa shape index (κ1) is 20.5. The zero-order chi connectivity index (χ0) is 18.5. The van der Waals surface area contributed by atoms with E-state index in [2.05, 4.69) is 10.6 Å². The predicted molar refractivity (Wildman–Crippen MR) is 93.0 cm³/mol. The van der Waals surface area contributed by atoms with Crippen molar-refractivity contribution in [3.05, 3.63) is 0 Å². The van der Waals surface area contributed by atoms with Crippen molar-refractivity contribution in [2.45, 2.75) is 78.2 Å². The van der Waals surface area contributed by atoms with E-state index in [4.69, 9.17) is 9.47 Å². The van der Waals surface area contributed by atoms with Crippen LogP contribution < -0.4 is 10.6 Å². The van der Waals surface area contributed by atoms with Gasteiger partial charge in [-0.3, -0.25) is 0 Å². The van der Waals surface area contributed by atoms with Crippen LogP contribution in [0.3, 0.4) is 0 Å². The standard InChI is InChI=1S/C17H33N3O4/c1-12(10-18-14(21)23-16(2,3)4)19-13-8-9-20(11-13)15(22)24-17(5,6)7/h12-13,19H,8-11H2,1-7H3,(H,18,21). The fourth-order valence-corrected chi connectivity index (χ4v) is 2.40. The molecule has 1 fully saturated rings. The highest BCUT2D eigenvalue weighted by molar-refractivity contribution is 5.68. The molecule has 1 rings (SSSR count). The van der Waals surface area contributed by atoms with Crippen molar-refractivity contribution in [2.75, 3.05) is 19.6 Å². The van der Waals surface area contributed by atoms with Crippen molar-refractivity contribution in [3.8, 4) is 0 Å². The van der Waals surface area contributed by atoms with E-state index in [0.29, 0.717) is 19.6 Å². The maximum atomic E-state index is 12.0. The van der Waals surface area contributed by atoms with Gasteiger partial charge in [0, 0.05) is 31.7 Å². The van der Waals surface area contributed by atoms with Crippen LogP contribution in [-0.2, 0) is 9.47 Å². The van der Waals surface area contributed by atoms with E-state index in [1.54, 1.807) is 4.90 Å². The quantitative estimate of drug-likeness (QED) is 0.820. The maximum absolute atomic E-state index is 12.0. The van der Waals surface area contributed by atoms with Crippen LogP contribution in [0.25, 0.3) is 0 Å². The number of hydrogen-bond acceptors (Lipinski definition) is 5. The predicted octanol–water partition coefficient (Wildman–Crippen LogP) is 2.50. The minimum atomic E-state index is -0.500. The summed E-state index contributed by atoms with van der Waals surface area (Å²) in [5, 5.41) is 6.17. The van der Waals surface area contributed by atoms with E-state index in [-0.39, 0.29) is 18.2 Å². The van der Waals surface area contributed by atoms with Gasteiger partial charge in [0.25, 0.3) is 0 Å². The van der Waals surface area contributed by atoms with Crippen LogP contribution in [-0.4, -0.2) is 60.0 Å². The molecule has 0 aliphatic carbocycles. The van der Waals surface area contributed by atoms with Crippen molar-refractivity contribution >= 4 is 12.2 Å². The molecule has 140 valence electrons. The molecule has 7 nitrogen and oxygen atoms in total. The zero-order valence-corrected chi connectivity index (χ0v) is 16.1. The summed E-state index contributed by atoms with van der Waals surface area (Å²) in [6.07, 6.45) is 0.181. The number of ether oxygens (including phenoxy) is 2. The summed E-state index contributed by atoms with van der Waals surface area (Å²) in [6.45, 7) is 14.8. The number of alkyl carbamates (subject to hydrolysis) is 1. The van der Waals surface area contributed by atoms with Crippen molar-refractivity contribution in [3.63, 3.8) is 0 Å². The normalized spacial score (nSPS) is 19.8. The van der Waals surface area contributed by atoms with Crippen molar-refractivity contribution in [1.82, 2.24) is 15.5 Å². The Balaban J connectivity index is 2.30.